The molecule has 8 nitrogen and oxygen atoms in total. The Morgan fingerprint density at radius 3 is 2.35 bits per heavy atom. The number of hydrogen-bond acceptors (Lipinski definition) is 6. The Labute approximate surface area is 197 Å². The highest BCUT2D eigenvalue weighted by Crippen LogP contribution is 2.15. The number of nitrogens with one attached hydrogen (secondary N) is 2. The lowest BCUT2D eigenvalue weighted by Crippen LogP contribution is -2.23. The lowest BCUT2D eigenvalue weighted by Gasteiger charge is -2.10. The second-order valence-electron chi connectivity index (χ2n) is 7.15. The highest BCUT2D eigenvalue weighted by atomic mass is 16.7. The van der Waals surface area contributed by atoms with Gasteiger partial charge in [0.15, 0.2) is 0 Å². The van der Waals surface area contributed by atoms with Crippen molar-refractivity contribution in [1.82, 2.24) is 5.32 Å². The van der Waals surface area contributed by atoms with Crippen molar-refractivity contribution in [2.45, 2.75) is 19.9 Å². The van der Waals surface area contributed by atoms with Gasteiger partial charge < -0.3 is 24.8 Å². The van der Waals surface area contributed by atoms with Crippen LogP contribution in [0.5, 0.6) is 11.5 Å². The third kappa shape index (κ3) is 7.98. The Balaban J connectivity index is 1.45. The summed E-state index contributed by atoms with van der Waals surface area (Å²) in [6, 6.07) is 22.7. The van der Waals surface area contributed by atoms with E-state index in [2.05, 4.69) is 10.6 Å². The molecule has 0 saturated carbocycles. The molecule has 3 aromatic rings. The first kappa shape index (κ1) is 24.3. The molecular formula is C26H26N2O6. The van der Waals surface area contributed by atoms with E-state index in [1.807, 2.05) is 36.4 Å². The van der Waals surface area contributed by atoms with Gasteiger partial charge in [0.1, 0.15) is 11.5 Å². The fraction of sp³-hybridized carbons (Fsp3) is 0.192. The molecule has 0 fully saturated rings. The third-order valence-electron chi connectivity index (χ3n) is 4.58. The summed E-state index contributed by atoms with van der Waals surface area (Å²) in [6.07, 6.45) is -0.582. The monoisotopic (exact) mass is 462 g/mol. The molecule has 0 aliphatic heterocycles. The van der Waals surface area contributed by atoms with E-state index in [-0.39, 0.29) is 43.7 Å². The summed E-state index contributed by atoms with van der Waals surface area (Å²) in [6.45, 7) is 2.45. The number of carbonyl (C=O) groups excluding carboxylic acids is 3. The number of benzene rings is 3. The minimum absolute atomic E-state index is 0.165. The Hall–Kier alpha value is -4.33. The standard InChI is InChI=1S/C26H26N2O6/c1-2-32-26(31)34-23-13-11-20(12-14-23)25(30)27-18-19-7-6-8-21(17-19)28-24(29)15-16-33-22-9-4-3-5-10-22/h3-14,17H,2,15-16,18H2,1H3,(H,27,30)(H,28,29). The Morgan fingerprint density at radius 2 is 1.62 bits per heavy atom. The molecule has 0 heterocycles. The van der Waals surface area contributed by atoms with Crippen molar-refractivity contribution in [2.24, 2.45) is 0 Å². The van der Waals surface area contributed by atoms with Gasteiger partial charge in [-0.05, 0) is 61.0 Å². The summed E-state index contributed by atoms with van der Waals surface area (Å²) in [7, 11) is 0. The highest BCUT2D eigenvalue weighted by molar-refractivity contribution is 5.94. The molecule has 0 unspecified atom stereocenters. The van der Waals surface area contributed by atoms with Crippen molar-refractivity contribution in [1.29, 1.82) is 0 Å². The minimum atomic E-state index is -0.796. The van der Waals surface area contributed by atoms with Crippen molar-refractivity contribution in [3.8, 4) is 11.5 Å². The number of anilines is 1. The average molecular weight is 463 g/mol. The first-order valence-corrected chi connectivity index (χ1v) is 10.8. The lowest BCUT2D eigenvalue weighted by atomic mass is 10.1. The van der Waals surface area contributed by atoms with Gasteiger partial charge in [-0.3, -0.25) is 9.59 Å². The minimum Gasteiger partial charge on any atom is -0.493 e. The number of amides is 2. The topological polar surface area (TPSA) is 103 Å². The number of ether oxygens (including phenoxy) is 3. The summed E-state index contributed by atoms with van der Waals surface area (Å²) >= 11 is 0. The maximum absolute atomic E-state index is 12.4. The quantitative estimate of drug-likeness (QED) is 0.338. The van der Waals surface area contributed by atoms with Gasteiger partial charge in [0, 0.05) is 17.8 Å². The van der Waals surface area contributed by atoms with E-state index in [4.69, 9.17) is 14.2 Å². The molecule has 0 spiro atoms. The normalized spacial score (nSPS) is 10.1. The molecule has 0 radical (unpaired) electrons. The van der Waals surface area contributed by atoms with Crippen LogP contribution in [0.15, 0.2) is 78.9 Å². The summed E-state index contributed by atoms with van der Waals surface area (Å²) < 4.78 is 15.2. The smallest absolute Gasteiger partial charge is 0.493 e. The molecule has 0 bridgehead atoms. The summed E-state index contributed by atoms with van der Waals surface area (Å²) in [4.78, 5) is 36.0. The van der Waals surface area contributed by atoms with E-state index in [9.17, 15) is 14.4 Å². The van der Waals surface area contributed by atoms with Crippen molar-refractivity contribution in [2.75, 3.05) is 18.5 Å². The molecule has 34 heavy (non-hydrogen) atoms. The summed E-state index contributed by atoms with van der Waals surface area (Å²) in [5.41, 5.74) is 1.88. The van der Waals surface area contributed by atoms with Crippen LogP contribution >= 0.6 is 0 Å². The fourth-order valence-corrected chi connectivity index (χ4v) is 2.96. The SMILES string of the molecule is CCOC(=O)Oc1ccc(C(=O)NCc2cccc(NC(=O)CCOc3ccccc3)c2)cc1. The van der Waals surface area contributed by atoms with Gasteiger partial charge in [0.2, 0.25) is 5.91 Å². The fourth-order valence-electron chi connectivity index (χ4n) is 2.96. The maximum Gasteiger partial charge on any atom is 0.513 e. The lowest BCUT2D eigenvalue weighted by molar-refractivity contribution is -0.116. The van der Waals surface area contributed by atoms with Gasteiger partial charge in [-0.1, -0.05) is 30.3 Å². The molecule has 2 N–H and O–H groups in total. The van der Waals surface area contributed by atoms with Gasteiger partial charge in [-0.15, -0.1) is 0 Å². The van der Waals surface area contributed by atoms with E-state index in [1.165, 1.54) is 12.1 Å². The molecule has 0 aromatic heterocycles. The largest absolute Gasteiger partial charge is 0.513 e. The van der Waals surface area contributed by atoms with Crippen LogP contribution in [-0.4, -0.2) is 31.2 Å². The van der Waals surface area contributed by atoms with Gasteiger partial charge in [-0.25, -0.2) is 4.79 Å². The first-order valence-electron chi connectivity index (χ1n) is 10.8. The van der Waals surface area contributed by atoms with Crippen LogP contribution in [0.3, 0.4) is 0 Å². The second kappa shape index (κ2) is 12.6. The van der Waals surface area contributed by atoms with Crippen LogP contribution in [0.2, 0.25) is 0 Å². The van der Waals surface area contributed by atoms with Crippen LogP contribution in [0.4, 0.5) is 10.5 Å². The van der Waals surface area contributed by atoms with Crippen molar-refractivity contribution < 1.29 is 28.6 Å². The van der Waals surface area contributed by atoms with Crippen LogP contribution < -0.4 is 20.1 Å². The molecular weight excluding hydrogens is 436 g/mol. The Morgan fingerprint density at radius 1 is 0.853 bits per heavy atom. The number of rotatable bonds is 10. The van der Waals surface area contributed by atoms with E-state index in [0.29, 0.717) is 17.0 Å². The maximum atomic E-state index is 12.4. The van der Waals surface area contributed by atoms with Gasteiger partial charge >= 0.3 is 6.16 Å². The first-order chi connectivity index (χ1) is 16.5. The van der Waals surface area contributed by atoms with E-state index in [1.54, 1.807) is 37.3 Å². The molecule has 176 valence electrons. The van der Waals surface area contributed by atoms with Crippen molar-refractivity contribution >= 4 is 23.7 Å². The van der Waals surface area contributed by atoms with Crippen LogP contribution in [0.1, 0.15) is 29.3 Å². The molecule has 0 saturated heterocycles. The van der Waals surface area contributed by atoms with Crippen LogP contribution in [0.25, 0.3) is 0 Å². The van der Waals surface area contributed by atoms with Crippen molar-refractivity contribution in [3.63, 3.8) is 0 Å². The molecule has 0 aliphatic rings. The molecule has 0 atom stereocenters. The summed E-state index contributed by atoms with van der Waals surface area (Å²) in [5.74, 6) is 0.555. The Kier molecular flexibility index (Phi) is 9.04. The molecule has 3 aromatic carbocycles. The van der Waals surface area contributed by atoms with Crippen LogP contribution in [0, 0.1) is 0 Å². The predicted molar refractivity (Wildman–Crippen MR) is 127 cm³/mol. The number of carbonyl (C=O) groups is 3. The molecule has 3 rings (SSSR count). The zero-order chi connectivity index (χ0) is 24.2. The van der Waals surface area contributed by atoms with E-state index < -0.39 is 6.16 Å². The van der Waals surface area contributed by atoms with Gasteiger partial charge in [-0.2, -0.15) is 0 Å². The molecule has 0 aliphatic carbocycles. The molecule has 2 amide bonds. The van der Waals surface area contributed by atoms with Crippen molar-refractivity contribution in [3.05, 3.63) is 90.0 Å². The number of para-hydroxylation sites is 1. The van der Waals surface area contributed by atoms with Gasteiger partial charge in [0.25, 0.3) is 5.91 Å². The van der Waals surface area contributed by atoms with Crippen LogP contribution in [-0.2, 0) is 16.1 Å². The molecule has 8 heteroatoms. The third-order valence-corrected chi connectivity index (χ3v) is 4.58. The van der Waals surface area contributed by atoms with Gasteiger partial charge in [0.05, 0.1) is 19.6 Å². The highest BCUT2D eigenvalue weighted by Gasteiger charge is 2.09. The summed E-state index contributed by atoms with van der Waals surface area (Å²) in [5, 5.41) is 5.66. The zero-order valence-electron chi connectivity index (χ0n) is 18.8. The van der Waals surface area contributed by atoms with E-state index in [0.717, 1.165) is 5.56 Å². The Bertz CT molecular complexity index is 1100. The van der Waals surface area contributed by atoms with E-state index >= 15 is 0 Å². The number of hydrogen-bond donors (Lipinski definition) is 2. The predicted octanol–water partition coefficient (Wildman–Crippen LogP) is 4.56. The second-order valence-corrected chi connectivity index (χ2v) is 7.15. The average Bonchev–Trinajstić information content (AvgIpc) is 2.84. The zero-order valence-corrected chi connectivity index (χ0v) is 18.8.